The van der Waals surface area contributed by atoms with Crippen molar-refractivity contribution in [3.63, 3.8) is 0 Å². The molecule has 5 heteroatoms. The van der Waals surface area contributed by atoms with E-state index in [0.717, 1.165) is 4.47 Å². The summed E-state index contributed by atoms with van der Waals surface area (Å²) in [5, 5.41) is 8.95. The number of carbonyl (C=O) groups is 1. The topological polar surface area (TPSA) is 46.5 Å². The van der Waals surface area contributed by atoms with E-state index >= 15 is 0 Å². The van der Waals surface area contributed by atoms with Gasteiger partial charge in [-0.15, -0.1) is 0 Å². The Morgan fingerprint density at radius 3 is 2.42 bits per heavy atom. The number of rotatable bonds is 4. The fourth-order valence-corrected chi connectivity index (χ4v) is 2.07. The van der Waals surface area contributed by atoms with E-state index < -0.39 is 10.8 Å². The van der Waals surface area contributed by atoms with Gasteiger partial charge in [-0.25, -0.2) is 0 Å². The maximum Gasteiger partial charge on any atom is 0.321 e. The fraction of sp³-hybridized carbons (Fsp3) is 0.0714. The quantitative estimate of drug-likeness (QED) is 0.771. The molecular formula is C14H10Br2O3. The van der Waals surface area contributed by atoms with Crippen LogP contribution in [0.15, 0.2) is 53.0 Å². The lowest BCUT2D eigenvalue weighted by atomic mass is 10.1. The van der Waals surface area contributed by atoms with Crippen LogP contribution in [0, 0.1) is 0 Å². The van der Waals surface area contributed by atoms with Crippen LogP contribution in [0.2, 0.25) is 0 Å². The largest absolute Gasteiger partial charge is 0.480 e. The number of aliphatic carboxylic acids is 1. The Hall–Kier alpha value is -1.33. The molecule has 0 aliphatic rings. The van der Waals surface area contributed by atoms with Crippen LogP contribution >= 0.6 is 31.9 Å². The van der Waals surface area contributed by atoms with Crippen molar-refractivity contribution < 1.29 is 14.6 Å². The lowest BCUT2D eigenvalue weighted by molar-refractivity contribution is -0.136. The van der Waals surface area contributed by atoms with Crippen LogP contribution in [0.25, 0.3) is 0 Å². The number of alkyl halides is 1. The highest BCUT2D eigenvalue weighted by atomic mass is 79.9. The van der Waals surface area contributed by atoms with Crippen LogP contribution < -0.4 is 4.74 Å². The number of hydrogen-bond acceptors (Lipinski definition) is 2. The molecule has 0 radical (unpaired) electrons. The molecule has 0 saturated heterocycles. The van der Waals surface area contributed by atoms with Gasteiger partial charge in [-0.3, -0.25) is 4.79 Å². The molecule has 98 valence electrons. The van der Waals surface area contributed by atoms with Crippen molar-refractivity contribution in [2.24, 2.45) is 0 Å². The summed E-state index contributed by atoms with van der Waals surface area (Å²) in [6.07, 6.45) is 0. The van der Waals surface area contributed by atoms with Crippen molar-refractivity contribution in [1.29, 1.82) is 0 Å². The number of carboxylic acid groups (broad SMARTS) is 1. The SMILES string of the molecule is O=C(O)[C@H](Br)c1cccc(Oc2ccc(Br)cc2)c1. The lowest BCUT2D eigenvalue weighted by Gasteiger charge is -2.09. The fourth-order valence-electron chi connectivity index (χ4n) is 1.52. The smallest absolute Gasteiger partial charge is 0.321 e. The van der Waals surface area contributed by atoms with E-state index in [-0.39, 0.29) is 0 Å². The molecule has 0 unspecified atom stereocenters. The molecule has 0 amide bonds. The normalized spacial score (nSPS) is 11.9. The Bertz CT molecular complexity index is 581. The number of benzene rings is 2. The molecule has 0 saturated carbocycles. The summed E-state index contributed by atoms with van der Waals surface area (Å²) in [4.78, 5) is 10.2. The van der Waals surface area contributed by atoms with Gasteiger partial charge in [-0.2, -0.15) is 0 Å². The predicted octanol–water partition coefficient (Wildman–Crippen LogP) is 4.76. The van der Waals surface area contributed by atoms with Gasteiger partial charge in [0.25, 0.3) is 0 Å². The minimum Gasteiger partial charge on any atom is -0.480 e. The first-order valence-corrected chi connectivity index (χ1v) is 7.17. The van der Waals surface area contributed by atoms with Crippen LogP contribution in [-0.4, -0.2) is 11.1 Å². The molecule has 0 heterocycles. The maximum atomic E-state index is 10.9. The predicted molar refractivity (Wildman–Crippen MR) is 80.0 cm³/mol. The summed E-state index contributed by atoms with van der Waals surface area (Å²) in [7, 11) is 0. The molecular weight excluding hydrogens is 376 g/mol. The first kappa shape index (κ1) is 14.1. The molecule has 0 aliphatic carbocycles. The van der Waals surface area contributed by atoms with Gasteiger partial charge in [0.2, 0.25) is 0 Å². The standard InChI is InChI=1S/C14H10Br2O3/c15-10-4-6-11(7-5-10)19-12-3-1-2-9(8-12)13(16)14(17)18/h1-8,13H,(H,17,18)/t13-/m1/s1. The van der Waals surface area contributed by atoms with Crippen LogP contribution in [0.1, 0.15) is 10.4 Å². The first-order valence-electron chi connectivity index (χ1n) is 5.46. The van der Waals surface area contributed by atoms with E-state index in [4.69, 9.17) is 9.84 Å². The van der Waals surface area contributed by atoms with Gasteiger partial charge < -0.3 is 9.84 Å². The molecule has 0 aromatic heterocycles. The Labute approximate surface area is 127 Å². The zero-order chi connectivity index (χ0) is 13.8. The molecule has 2 aromatic rings. The second-order valence-electron chi connectivity index (χ2n) is 3.83. The molecule has 2 aromatic carbocycles. The second-order valence-corrected chi connectivity index (χ2v) is 5.66. The number of halogens is 2. The Morgan fingerprint density at radius 1 is 1.11 bits per heavy atom. The summed E-state index contributed by atoms with van der Waals surface area (Å²) in [5.74, 6) is 0.369. The Balaban J connectivity index is 2.19. The Kier molecular flexibility index (Phi) is 4.61. The van der Waals surface area contributed by atoms with Gasteiger partial charge in [-0.05, 0) is 42.0 Å². The van der Waals surface area contributed by atoms with E-state index in [1.807, 2.05) is 24.3 Å². The number of carboxylic acids is 1. The van der Waals surface area contributed by atoms with Gasteiger partial charge in [0.1, 0.15) is 16.3 Å². The van der Waals surface area contributed by atoms with E-state index in [0.29, 0.717) is 17.1 Å². The first-order chi connectivity index (χ1) is 9.06. The van der Waals surface area contributed by atoms with Crippen LogP contribution in [-0.2, 0) is 4.79 Å². The van der Waals surface area contributed by atoms with Crippen molar-refractivity contribution >= 4 is 37.8 Å². The summed E-state index contributed by atoms with van der Waals surface area (Å²) < 4.78 is 6.64. The van der Waals surface area contributed by atoms with Gasteiger partial charge >= 0.3 is 5.97 Å². The van der Waals surface area contributed by atoms with Crippen LogP contribution in [0.5, 0.6) is 11.5 Å². The summed E-state index contributed by atoms with van der Waals surface area (Å²) >= 11 is 6.47. The van der Waals surface area contributed by atoms with Gasteiger partial charge in [0, 0.05) is 4.47 Å². The van der Waals surface area contributed by atoms with Crippen molar-refractivity contribution in [2.75, 3.05) is 0 Å². The van der Waals surface area contributed by atoms with Crippen molar-refractivity contribution in [1.82, 2.24) is 0 Å². The van der Waals surface area contributed by atoms with E-state index in [1.165, 1.54) is 0 Å². The zero-order valence-electron chi connectivity index (χ0n) is 9.72. The van der Waals surface area contributed by atoms with Crippen molar-refractivity contribution in [2.45, 2.75) is 4.83 Å². The summed E-state index contributed by atoms with van der Waals surface area (Å²) in [6, 6.07) is 14.4. The van der Waals surface area contributed by atoms with Crippen LogP contribution in [0.3, 0.4) is 0 Å². The molecule has 1 atom stereocenters. The third kappa shape index (κ3) is 3.81. The summed E-state index contributed by atoms with van der Waals surface area (Å²) in [5.41, 5.74) is 0.641. The average molecular weight is 386 g/mol. The van der Waals surface area contributed by atoms with Gasteiger partial charge in [-0.1, -0.05) is 44.0 Å². The highest BCUT2D eigenvalue weighted by Gasteiger charge is 2.16. The van der Waals surface area contributed by atoms with Crippen molar-refractivity contribution in [3.05, 3.63) is 58.6 Å². The van der Waals surface area contributed by atoms with E-state index in [1.54, 1.807) is 24.3 Å². The monoisotopic (exact) mass is 384 g/mol. The lowest BCUT2D eigenvalue weighted by Crippen LogP contribution is -2.04. The van der Waals surface area contributed by atoms with Crippen molar-refractivity contribution in [3.8, 4) is 11.5 Å². The van der Waals surface area contributed by atoms with Gasteiger partial charge in [0.05, 0.1) is 0 Å². The number of ether oxygens (including phenoxy) is 1. The maximum absolute atomic E-state index is 10.9. The second kappa shape index (κ2) is 6.21. The minimum atomic E-state index is -0.930. The molecule has 2 rings (SSSR count). The Morgan fingerprint density at radius 2 is 1.79 bits per heavy atom. The zero-order valence-corrected chi connectivity index (χ0v) is 12.9. The highest BCUT2D eigenvalue weighted by Crippen LogP contribution is 2.29. The van der Waals surface area contributed by atoms with E-state index in [9.17, 15) is 4.79 Å². The molecule has 3 nitrogen and oxygen atoms in total. The highest BCUT2D eigenvalue weighted by molar-refractivity contribution is 9.10. The molecule has 0 fully saturated rings. The molecule has 1 N–H and O–H groups in total. The molecule has 19 heavy (non-hydrogen) atoms. The van der Waals surface area contributed by atoms with E-state index in [2.05, 4.69) is 31.9 Å². The third-order valence-corrected chi connectivity index (χ3v) is 3.87. The van der Waals surface area contributed by atoms with Crippen LogP contribution in [0.4, 0.5) is 0 Å². The molecule has 0 bridgehead atoms. The molecule has 0 spiro atoms. The average Bonchev–Trinajstić information content (AvgIpc) is 2.41. The summed E-state index contributed by atoms with van der Waals surface area (Å²) in [6.45, 7) is 0. The van der Waals surface area contributed by atoms with Gasteiger partial charge in [0.15, 0.2) is 0 Å². The third-order valence-electron chi connectivity index (χ3n) is 2.42. The molecule has 0 aliphatic heterocycles. The number of hydrogen-bond donors (Lipinski definition) is 1. The minimum absolute atomic E-state index is 0.602.